The third kappa shape index (κ3) is 2.36. The Balaban J connectivity index is 1.91. The highest BCUT2D eigenvalue weighted by molar-refractivity contribution is 5.94. The van der Waals surface area contributed by atoms with Gasteiger partial charge in [0.15, 0.2) is 0 Å². The molecule has 0 saturated heterocycles. The summed E-state index contributed by atoms with van der Waals surface area (Å²) < 4.78 is 0. The van der Waals surface area contributed by atoms with E-state index in [4.69, 9.17) is 0 Å². The van der Waals surface area contributed by atoms with Crippen molar-refractivity contribution in [2.45, 2.75) is 25.4 Å². The molecule has 0 bridgehead atoms. The fraction of sp³-hybridized carbons (Fsp3) is 0.417. The first kappa shape index (κ1) is 10.2. The minimum atomic E-state index is -0.848. The smallest absolute Gasteiger partial charge is 0.253 e. The van der Waals surface area contributed by atoms with Gasteiger partial charge in [0.05, 0.1) is 0 Å². The van der Waals surface area contributed by atoms with Crippen molar-refractivity contribution in [1.29, 1.82) is 0 Å². The van der Waals surface area contributed by atoms with E-state index in [9.17, 15) is 9.90 Å². The summed E-state index contributed by atoms with van der Waals surface area (Å²) in [4.78, 5) is 11.6. The van der Waals surface area contributed by atoms with Crippen LogP contribution in [0.25, 0.3) is 0 Å². The highest BCUT2D eigenvalue weighted by atomic mass is 16.3. The Morgan fingerprint density at radius 2 is 2.00 bits per heavy atom. The predicted molar refractivity (Wildman–Crippen MR) is 58.4 cm³/mol. The summed E-state index contributed by atoms with van der Waals surface area (Å²) in [5, 5.41) is 12.4. The van der Waals surface area contributed by atoms with Crippen LogP contribution in [0.1, 0.15) is 19.3 Å². The van der Waals surface area contributed by atoms with Crippen LogP contribution in [0.4, 0.5) is 5.69 Å². The summed E-state index contributed by atoms with van der Waals surface area (Å²) in [7, 11) is 0. The number of hydrogen-bond donors (Lipinski definition) is 2. The van der Waals surface area contributed by atoms with Gasteiger partial charge in [0.1, 0.15) is 6.10 Å². The lowest BCUT2D eigenvalue weighted by Gasteiger charge is -2.29. The van der Waals surface area contributed by atoms with Crippen LogP contribution in [0, 0.1) is 5.92 Å². The van der Waals surface area contributed by atoms with E-state index in [1.807, 2.05) is 30.3 Å². The van der Waals surface area contributed by atoms with Crippen LogP contribution >= 0.6 is 0 Å². The maximum absolute atomic E-state index is 11.6. The molecule has 0 radical (unpaired) electrons. The maximum atomic E-state index is 11.6. The van der Waals surface area contributed by atoms with Crippen molar-refractivity contribution in [3.05, 3.63) is 30.3 Å². The van der Waals surface area contributed by atoms with E-state index in [2.05, 4.69) is 5.32 Å². The maximum Gasteiger partial charge on any atom is 0.253 e. The van der Waals surface area contributed by atoms with Crippen molar-refractivity contribution in [1.82, 2.24) is 0 Å². The summed E-state index contributed by atoms with van der Waals surface area (Å²) in [6, 6.07) is 9.21. The fourth-order valence-electron chi connectivity index (χ4n) is 1.71. The molecular weight excluding hydrogens is 190 g/mol. The van der Waals surface area contributed by atoms with Crippen LogP contribution < -0.4 is 5.32 Å². The molecule has 1 aromatic carbocycles. The molecule has 1 amide bonds. The zero-order valence-electron chi connectivity index (χ0n) is 8.52. The summed E-state index contributed by atoms with van der Waals surface area (Å²) in [6.07, 6.45) is 2.20. The van der Waals surface area contributed by atoms with Crippen LogP contribution in [0.3, 0.4) is 0 Å². The molecule has 1 fully saturated rings. The standard InChI is InChI=1S/C12H15NO2/c14-11(9-5-4-6-9)12(15)13-10-7-2-1-3-8-10/h1-3,7-9,11,14H,4-6H2,(H,13,15)/t11-/m0/s1. The normalized spacial score (nSPS) is 17.9. The lowest BCUT2D eigenvalue weighted by molar-refractivity contribution is -0.128. The highest BCUT2D eigenvalue weighted by Gasteiger charge is 2.30. The lowest BCUT2D eigenvalue weighted by Crippen LogP contribution is -2.37. The predicted octanol–water partition coefficient (Wildman–Crippen LogP) is 1.79. The van der Waals surface area contributed by atoms with Crippen molar-refractivity contribution in [3.63, 3.8) is 0 Å². The number of carbonyl (C=O) groups excluding carboxylic acids is 1. The molecule has 3 nitrogen and oxygen atoms in total. The van der Waals surface area contributed by atoms with Crippen LogP contribution in [0.2, 0.25) is 0 Å². The molecule has 1 saturated carbocycles. The Morgan fingerprint density at radius 1 is 1.33 bits per heavy atom. The van der Waals surface area contributed by atoms with E-state index in [1.165, 1.54) is 0 Å². The Bertz CT molecular complexity index is 333. The average molecular weight is 205 g/mol. The molecule has 0 aliphatic heterocycles. The van der Waals surface area contributed by atoms with E-state index in [0.29, 0.717) is 0 Å². The quantitative estimate of drug-likeness (QED) is 0.790. The molecule has 0 aromatic heterocycles. The second kappa shape index (κ2) is 4.45. The third-order valence-electron chi connectivity index (χ3n) is 2.91. The lowest BCUT2D eigenvalue weighted by atomic mass is 9.81. The first-order valence-electron chi connectivity index (χ1n) is 5.31. The Kier molecular flexibility index (Phi) is 3.02. The number of anilines is 1. The molecule has 2 N–H and O–H groups in total. The molecule has 3 heteroatoms. The van der Waals surface area contributed by atoms with E-state index >= 15 is 0 Å². The van der Waals surface area contributed by atoms with Crippen molar-refractivity contribution >= 4 is 11.6 Å². The highest BCUT2D eigenvalue weighted by Crippen LogP contribution is 2.29. The molecule has 1 atom stereocenters. The number of aliphatic hydroxyl groups excluding tert-OH is 1. The molecule has 2 rings (SSSR count). The largest absolute Gasteiger partial charge is 0.383 e. The minimum absolute atomic E-state index is 0.161. The van der Waals surface area contributed by atoms with E-state index in [-0.39, 0.29) is 11.8 Å². The first-order valence-corrected chi connectivity index (χ1v) is 5.31. The second-order valence-electron chi connectivity index (χ2n) is 3.99. The van der Waals surface area contributed by atoms with Gasteiger partial charge >= 0.3 is 0 Å². The summed E-state index contributed by atoms with van der Waals surface area (Å²) >= 11 is 0. The topological polar surface area (TPSA) is 49.3 Å². The zero-order valence-corrected chi connectivity index (χ0v) is 8.52. The number of nitrogens with one attached hydrogen (secondary N) is 1. The summed E-state index contributed by atoms with van der Waals surface area (Å²) in [5.74, 6) is -0.125. The van der Waals surface area contributed by atoms with E-state index in [0.717, 1.165) is 24.9 Å². The molecular formula is C12H15NO2. The molecule has 0 heterocycles. The first-order chi connectivity index (χ1) is 7.27. The van der Waals surface area contributed by atoms with Crippen LogP contribution in [-0.2, 0) is 4.79 Å². The van der Waals surface area contributed by atoms with Crippen molar-refractivity contribution in [2.24, 2.45) is 5.92 Å². The monoisotopic (exact) mass is 205 g/mol. The van der Waals surface area contributed by atoms with Crippen molar-refractivity contribution in [3.8, 4) is 0 Å². The molecule has 15 heavy (non-hydrogen) atoms. The number of hydrogen-bond acceptors (Lipinski definition) is 2. The number of rotatable bonds is 3. The molecule has 0 unspecified atom stereocenters. The van der Waals surface area contributed by atoms with Crippen LogP contribution in [0.15, 0.2) is 30.3 Å². The van der Waals surface area contributed by atoms with Crippen molar-refractivity contribution in [2.75, 3.05) is 5.32 Å². The van der Waals surface area contributed by atoms with E-state index < -0.39 is 6.10 Å². The van der Waals surface area contributed by atoms with Gasteiger partial charge in [0, 0.05) is 5.69 Å². The van der Waals surface area contributed by atoms with Gasteiger partial charge < -0.3 is 10.4 Å². The van der Waals surface area contributed by atoms with Gasteiger partial charge in [-0.05, 0) is 30.9 Å². The Labute approximate surface area is 89.1 Å². The zero-order chi connectivity index (χ0) is 10.7. The molecule has 1 aliphatic carbocycles. The number of amides is 1. The van der Waals surface area contributed by atoms with Crippen molar-refractivity contribution < 1.29 is 9.90 Å². The van der Waals surface area contributed by atoms with Gasteiger partial charge in [-0.2, -0.15) is 0 Å². The Morgan fingerprint density at radius 3 is 2.53 bits per heavy atom. The minimum Gasteiger partial charge on any atom is -0.383 e. The van der Waals surface area contributed by atoms with Gasteiger partial charge in [-0.15, -0.1) is 0 Å². The van der Waals surface area contributed by atoms with Gasteiger partial charge in [-0.3, -0.25) is 4.79 Å². The molecule has 0 spiro atoms. The number of aliphatic hydroxyl groups is 1. The number of carbonyl (C=O) groups is 1. The number of benzene rings is 1. The fourth-order valence-corrected chi connectivity index (χ4v) is 1.71. The van der Waals surface area contributed by atoms with Gasteiger partial charge in [0.25, 0.3) is 5.91 Å². The number of para-hydroxylation sites is 1. The van der Waals surface area contributed by atoms with Gasteiger partial charge in [-0.1, -0.05) is 24.6 Å². The molecule has 1 aliphatic rings. The second-order valence-corrected chi connectivity index (χ2v) is 3.99. The summed E-state index contributed by atoms with van der Waals surface area (Å²) in [6.45, 7) is 0. The van der Waals surface area contributed by atoms with Crippen LogP contribution in [-0.4, -0.2) is 17.1 Å². The van der Waals surface area contributed by atoms with Crippen LogP contribution in [0.5, 0.6) is 0 Å². The van der Waals surface area contributed by atoms with Gasteiger partial charge in [0.2, 0.25) is 0 Å². The van der Waals surface area contributed by atoms with Gasteiger partial charge in [-0.25, -0.2) is 0 Å². The summed E-state index contributed by atoms with van der Waals surface area (Å²) in [5.41, 5.74) is 0.737. The SMILES string of the molecule is O=C(Nc1ccccc1)[C@@H](O)C1CCC1. The molecule has 80 valence electrons. The average Bonchev–Trinajstić information content (AvgIpc) is 2.16. The Hall–Kier alpha value is -1.35. The molecule has 1 aromatic rings. The third-order valence-corrected chi connectivity index (χ3v) is 2.91. The van der Waals surface area contributed by atoms with E-state index in [1.54, 1.807) is 0 Å².